The molecule has 0 aliphatic carbocycles. The fourth-order valence-corrected chi connectivity index (χ4v) is 2.46. The smallest absolute Gasteiger partial charge is 0.0681 e. The number of aromatic nitrogens is 1. The van der Waals surface area contributed by atoms with Gasteiger partial charge in [-0.1, -0.05) is 44.2 Å². The average molecular weight is 284 g/mol. The molecule has 0 amide bonds. The predicted octanol–water partition coefficient (Wildman–Crippen LogP) is 3.37. The van der Waals surface area contributed by atoms with E-state index in [4.69, 9.17) is 5.11 Å². The zero-order valence-corrected chi connectivity index (χ0v) is 13.0. The van der Waals surface area contributed by atoms with E-state index in [1.54, 1.807) is 0 Å². The highest BCUT2D eigenvalue weighted by Crippen LogP contribution is 2.23. The van der Waals surface area contributed by atoms with Gasteiger partial charge in [-0.05, 0) is 35.6 Å². The molecule has 1 unspecified atom stereocenters. The van der Waals surface area contributed by atoms with Crippen molar-refractivity contribution in [1.29, 1.82) is 0 Å². The van der Waals surface area contributed by atoms with Crippen LogP contribution in [0, 0.1) is 12.8 Å². The van der Waals surface area contributed by atoms with Crippen molar-refractivity contribution in [2.45, 2.75) is 40.0 Å². The van der Waals surface area contributed by atoms with Gasteiger partial charge in [0.2, 0.25) is 0 Å². The lowest BCUT2D eigenvalue weighted by Gasteiger charge is -2.23. The summed E-state index contributed by atoms with van der Waals surface area (Å²) in [5, 5.41) is 12.7. The van der Waals surface area contributed by atoms with Crippen molar-refractivity contribution in [3.8, 4) is 0 Å². The number of nitrogens with zero attached hydrogens (tertiary/aromatic N) is 1. The predicted molar refractivity (Wildman–Crippen MR) is 85.8 cm³/mol. The van der Waals surface area contributed by atoms with Crippen LogP contribution in [0.1, 0.15) is 42.3 Å². The Morgan fingerprint density at radius 2 is 1.76 bits per heavy atom. The maximum Gasteiger partial charge on any atom is 0.0681 e. The van der Waals surface area contributed by atoms with Crippen molar-refractivity contribution in [3.63, 3.8) is 0 Å². The maximum atomic E-state index is 9.07. The average Bonchev–Trinajstić information content (AvgIpc) is 2.49. The number of hydrogen-bond acceptors (Lipinski definition) is 3. The molecule has 2 N–H and O–H groups in total. The highest BCUT2D eigenvalue weighted by atomic mass is 16.3. The number of aryl methyl sites for hydroxylation is 1. The van der Waals surface area contributed by atoms with E-state index in [1.165, 1.54) is 11.1 Å². The van der Waals surface area contributed by atoms with Gasteiger partial charge in [-0.15, -0.1) is 0 Å². The summed E-state index contributed by atoms with van der Waals surface area (Å²) >= 11 is 0. The van der Waals surface area contributed by atoms with Gasteiger partial charge >= 0.3 is 0 Å². The highest BCUT2D eigenvalue weighted by molar-refractivity contribution is 5.24. The lowest BCUT2D eigenvalue weighted by atomic mass is 9.97. The van der Waals surface area contributed by atoms with E-state index in [1.807, 2.05) is 24.4 Å². The second-order valence-electron chi connectivity index (χ2n) is 5.78. The van der Waals surface area contributed by atoms with Crippen molar-refractivity contribution < 1.29 is 5.11 Å². The fourth-order valence-electron chi connectivity index (χ4n) is 2.46. The largest absolute Gasteiger partial charge is 0.392 e. The third-order valence-corrected chi connectivity index (χ3v) is 3.74. The van der Waals surface area contributed by atoms with Crippen LogP contribution < -0.4 is 5.32 Å². The van der Waals surface area contributed by atoms with Crippen LogP contribution in [0.25, 0.3) is 0 Å². The summed E-state index contributed by atoms with van der Waals surface area (Å²) < 4.78 is 0. The molecule has 3 nitrogen and oxygen atoms in total. The SMILES string of the molecule is Cc1cccnc1C(NCc1ccc(CO)cc1)C(C)C. The molecule has 0 saturated heterocycles. The molecule has 1 atom stereocenters. The van der Waals surface area contributed by atoms with E-state index in [9.17, 15) is 0 Å². The van der Waals surface area contributed by atoms with Crippen LogP contribution in [-0.4, -0.2) is 10.1 Å². The van der Waals surface area contributed by atoms with Gasteiger partial charge in [-0.2, -0.15) is 0 Å². The Labute approximate surface area is 127 Å². The normalized spacial score (nSPS) is 12.6. The van der Waals surface area contributed by atoms with Crippen molar-refractivity contribution in [1.82, 2.24) is 10.3 Å². The number of rotatable bonds is 6. The van der Waals surface area contributed by atoms with E-state index in [-0.39, 0.29) is 12.6 Å². The summed E-state index contributed by atoms with van der Waals surface area (Å²) in [4.78, 5) is 4.54. The second-order valence-corrected chi connectivity index (χ2v) is 5.78. The summed E-state index contributed by atoms with van der Waals surface area (Å²) in [5.41, 5.74) is 4.50. The van der Waals surface area contributed by atoms with E-state index < -0.39 is 0 Å². The monoisotopic (exact) mass is 284 g/mol. The number of nitrogens with one attached hydrogen (secondary N) is 1. The zero-order chi connectivity index (χ0) is 15.2. The van der Waals surface area contributed by atoms with Crippen LogP contribution in [0.4, 0.5) is 0 Å². The lowest BCUT2D eigenvalue weighted by Crippen LogP contribution is -2.27. The molecule has 0 saturated carbocycles. The third-order valence-electron chi connectivity index (χ3n) is 3.74. The van der Waals surface area contributed by atoms with E-state index in [0.717, 1.165) is 17.8 Å². The fraction of sp³-hybridized carbons (Fsp3) is 0.389. The minimum Gasteiger partial charge on any atom is -0.392 e. The van der Waals surface area contributed by atoms with Gasteiger partial charge in [0.1, 0.15) is 0 Å². The van der Waals surface area contributed by atoms with E-state index >= 15 is 0 Å². The standard InChI is InChI=1S/C18H24N2O/c1-13(2)17(18-14(3)5-4-10-19-18)20-11-15-6-8-16(12-21)9-7-15/h4-10,13,17,20-21H,11-12H2,1-3H3. The molecule has 1 aromatic carbocycles. The molecule has 0 fully saturated rings. The molecular formula is C18H24N2O. The summed E-state index contributed by atoms with van der Waals surface area (Å²) in [7, 11) is 0. The molecule has 21 heavy (non-hydrogen) atoms. The molecule has 3 heteroatoms. The van der Waals surface area contributed by atoms with Crippen LogP contribution >= 0.6 is 0 Å². The van der Waals surface area contributed by atoms with Crippen molar-refractivity contribution >= 4 is 0 Å². The van der Waals surface area contributed by atoms with Gasteiger partial charge in [-0.3, -0.25) is 4.98 Å². The van der Waals surface area contributed by atoms with Crippen LogP contribution in [0.2, 0.25) is 0 Å². The molecule has 0 aliphatic rings. The van der Waals surface area contributed by atoms with Gasteiger partial charge < -0.3 is 10.4 Å². The van der Waals surface area contributed by atoms with Gasteiger partial charge in [0.15, 0.2) is 0 Å². The molecular weight excluding hydrogens is 260 g/mol. The summed E-state index contributed by atoms with van der Waals surface area (Å²) in [6.07, 6.45) is 1.86. The topological polar surface area (TPSA) is 45.2 Å². The van der Waals surface area contributed by atoms with Gasteiger partial charge in [0, 0.05) is 12.7 Å². The summed E-state index contributed by atoms with van der Waals surface area (Å²) in [5.74, 6) is 0.468. The van der Waals surface area contributed by atoms with Crippen LogP contribution in [0.3, 0.4) is 0 Å². The number of aliphatic hydroxyl groups excluding tert-OH is 1. The quantitative estimate of drug-likeness (QED) is 0.855. The molecule has 0 aliphatic heterocycles. The van der Waals surface area contributed by atoms with Crippen molar-refractivity contribution in [2.24, 2.45) is 5.92 Å². The highest BCUT2D eigenvalue weighted by Gasteiger charge is 2.18. The zero-order valence-electron chi connectivity index (χ0n) is 13.0. The molecule has 1 heterocycles. The number of benzene rings is 1. The minimum atomic E-state index is 0.0927. The molecule has 0 spiro atoms. The Hall–Kier alpha value is -1.71. The minimum absolute atomic E-state index is 0.0927. The first-order chi connectivity index (χ1) is 10.1. The van der Waals surface area contributed by atoms with Crippen LogP contribution in [0.15, 0.2) is 42.6 Å². The Kier molecular flexibility index (Phi) is 5.48. The lowest BCUT2D eigenvalue weighted by molar-refractivity contribution is 0.282. The number of pyridine rings is 1. The van der Waals surface area contributed by atoms with E-state index in [0.29, 0.717) is 5.92 Å². The summed E-state index contributed by atoms with van der Waals surface area (Å²) in [6.45, 7) is 7.41. The van der Waals surface area contributed by atoms with Gasteiger partial charge in [0.25, 0.3) is 0 Å². The molecule has 1 aromatic heterocycles. The second kappa shape index (κ2) is 7.34. The first kappa shape index (κ1) is 15.7. The third kappa shape index (κ3) is 4.13. The van der Waals surface area contributed by atoms with Crippen molar-refractivity contribution in [3.05, 3.63) is 65.0 Å². The summed E-state index contributed by atoms with van der Waals surface area (Å²) in [6, 6.07) is 12.4. The van der Waals surface area contributed by atoms with Gasteiger partial charge in [0.05, 0.1) is 18.3 Å². The van der Waals surface area contributed by atoms with Crippen LogP contribution in [-0.2, 0) is 13.2 Å². The molecule has 2 rings (SSSR count). The molecule has 112 valence electrons. The Morgan fingerprint density at radius 3 is 2.33 bits per heavy atom. The van der Waals surface area contributed by atoms with Crippen LogP contribution in [0.5, 0.6) is 0 Å². The van der Waals surface area contributed by atoms with E-state index in [2.05, 4.69) is 49.3 Å². The first-order valence-corrected chi connectivity index (χ1v) is 7.45. The first-order valence-electron chi connectivity index (χ1n) is 7.45. The molecule has 0 radical (unpaired) electrons. The van der Waals surface area contributed by atoms with Crippen molar-refractivity contribution in [2.75, 3.05) is 0 Å². The number of aliphatic hydroxyl groups is 1. The Morgan fingerprint density at radius 1 is 1.10 bits per heavy atom. The maximum absolute atomic E-state index is 9.07. The molecule has 2 aromatic rings. The molecule has 0 bridgehead atoms. The van der Waals surface area contributed by atoms with Gasteiger partial charge in [-0.25, -0.2) is 0 Å². The number of hydrogen-bond donors (Lipinski definition) is 2. The Bertz CT molecular complexity index is 564. The Balaban J connectivity index is 2.08.